The van der Waals surface area contributed by atoms with E-state index in [1.807, 2.05) is 59.8 Å². The summed E-state index contributed by atoms with van der Waals surface area (Å²) in [6, 6.07) is 13.9. The number of nitrogens with zero attached hydrogens (tertiary/aromatic N) is 4. The van der Waals surface area contributed by atoms with E-state index >= 15 is 0 Å². The first kappa shape index (κ1) is 20.1. The van der Waals surface area contributed by atoms with Crippen LogP contribution in [0.25, 0.3) is 10.9 Å². The van der Waals surface area contributed by atoms with Crippen molar-refractivity contribution in [2.45, 2.75) is 12.6 Å². The molecule has 7 heteroatoms. The predicted molar refractivity (Wildman–Crippen MR) is 117 cm³/mol. The van der Waals surface area contributed by atoms with Crippen LogP contribution in [-0.4, -0.2) is 71.7 Å². The van der Waals surface area contributed by atoms with Crippen LogP contribution in [0.3, 0.4) is 0 Å². The van der Waals surface area contributed by atoms with Gasteiger partial charge >= 0.3 is 0 Å². The number of rotatable bonds is 4. The Morgan fingerprint density at radius 1 is 1.03 bits per heavy atom. The van der Waals surface area contributed by atoms with Crippen LogP contribution in [-0.2, 0) is 16.0 Å². The number of carbonyl (C=O) groups is 1. The molecule has 1 atom stereocenters. The molecule has 2 aliphatic heterocycles. The summed E-state index contributed by atoms with van der Waals surface area (Å²) in [5.74, 6) is 0.0348. The number of para-hydroxylation sites is 1. The molecule has 0 N–H and O–H groups in total. The number of pyridine rings is 2. The molecule has 0 saturated carbocycles. The van der Waals surface area contributed by atoms with Crippen LogP contribution in [0.15, 0.2) is 54.9 Å². The van der Waals surface area contributed by atoms with Gasteiger partial charge in [-0.15, -0.1) is 0 Å². The molecular weight excluding hydrogens is 392 g/mol. The predicted octanol–water partition coefficient (Wildman–Crippen LogP) is 2.68. The molecule has 3 aromatic rings. The third-order valence-electron chi connectivity index (χ3n) is 5.90. The quantitative estimate of drug-likeness (QED) is 0.649. The average molecular weight is 418 g/mol. The fraction of sp³-hybridized carbons (Fsp3) is 0.375. The lowest BCUT2D eigenvalue weighted by Crippen LogP contribution is -2.41. The molecule has 1 amide bonds. The van der Waals surface area contributed by atoms with E-state index in [0.717, 1.165) is 36.2 Å². The zero-order valence-electron chi connectivity index (χ0n) is 17.4. The summed E-state index contributed by atoms with van der Waals surface area (Å²) < 4.78 is 11.5. The zero-order valence-corrected chi connectivity index (χ0v) is 17.4. The number of hydrogen-bond donors (Lipinski definition) is 0. The van der Waals surface area contributed by atoms with E-state index in [1.54, 1.807) is 0 Å². The Bertz CT molecular complexity index is 1050. The van der Waals surface area contributed by atoms with Crippen molar-refractivity contribution >= 4 is 16.8 Å². The molecule has 5 rings (SSSR count). The zero-order chi connectivity index (χ0) is 21.0. The van der Waals surface area contributed by atoms with Gasteiger partial charge in [-0.1, -0.05) is 18.2 Å². The first-order valence-corrected chi connectivity index (χ1v) is 10.8. The number of morpholine rings is 2. The van der Waals surface area contributed by atoms with Gasteiger partial charge in [-0.2, -0.15) is 0 Å². The number of ether oxygens (including phenoxy) is 2. The molecular formula is C24H26N4O3. The van der Waals surface area contributed by atoms with Gasteiger partial charge in [-0.05, 0) is 29.8 Å². The van der Waals surface area contributed by atoms with Crippen molar-refractivity contribution in [1.29, 1.82) is 0 Å². The Morgan fingerprint density at radius 2 is 1.84 bits per heavy atom. The molecule has 0 unspecified atom stereocenters. The molecule has 2 saturated heterocycles. The van der Waals surface area contributed by atoms with Gasteiger partial charge in [0.15, 0.2) is 0 Å². The SMILES string of the molecule is O=C(c1cc([C@@H]2CN(Cc3ccncc3)CCO2)nc2ccccc12)N1CCOCC1. The summed E-state index contributed by atoms with van der Waals surface area (Å²) in [5, 5.41) is 0.882. The second-order valence-electron chi connectivity index (χ2n) is 7.97. The van der Waals surface area contributed by atoms with Crippen LogP contribution in [0.4, 0.5) is 0 Å². The number of aromatic nitrogens is 2. The van der Waals surface area contributed by atoms with Crippen molar-refractivity contribution in [2.75, 3.05) is 46.0 Å². The van der Waals surface area contributed by atoms with E-state index in [9.17, 15) is 4.79 Å². The van der Waals surface area contributed by atoms with Gasteiger partial charge in [-0.25, -0.2) is 4.98 Å². The highest BCUT2D eigenvalue weighted by Crippen LogP contribution is 2.27. The molecule has 1 aromatic carbocycles. The molecule has 2 aliphatic rings. The van der Waals surface area contributed by atoms with Crippen LogP contribution in [0.2, 0.25) is 0 Å². The molecule has 7 nitrogen and oxygen atoms in total. The van der Waals surface area contributed by atoms with Crippen molar-refractivity contribution in [3.63, 3.8) is 0 Å². The standard InChI is InChI=1S/C24H26N4O3/c29-24(28-10-12-30-13-11-28)20-15-22(26-21-4-2-1-3-19(20)21)23-17-27(9-14-31-23)16-18-5-7-25-8-6-18/h1-8,15,23H,9-14,16-17H2/t23-/m0/s1. The van der Waals surface area contributed by atoms with Crippen molar-refractivity contribution in [1.82, 2.24) is 19.8 Å². The van der Waals surface area contributed by atoms with E-state index < -0.39 is 0 Å². The van der Waals surface area contributed by atoms with Crippen LogP contribution in [0.1, 0.15) is 27.7 Å². The minimum absolute atomic E-state index is 0.0348. The average Bonchev–Trinajstić information content (AvgIpc) is 2.84. The normalized spacial score (nSPS) is 20.1. The molecule has 31 heavy (non-hydrogen) atoms. The maximum absolute atomic E-state index is 13.3. The Morgan fingerprint density at radius 3 is 2.68 bits per heavy atom. The first-order valence-electron chi connectivity index (χ1n) is 10.8. The third-order valence-corrected chi connectivity index (χ3v) is 5.90. The summed E-state index contributed by atoms with van der Waals surface area (Å²) in [4.78, 5) is 26.5. The van der Waals surface area contributed by atoms with Crippen molar-refractivity contribution < 1.29 is 14.3 Å². The first-order chi connectivity index (χ1) is 15.3. The fourth-order valence-corrected chi connectivity index (χ4v) is 4.25. The van der Waals surface area contributed by atoms with E-state index in [1.165, 1.54) is 5.56 Å². The number of benzene rings is 1. The third kappa shape index (κ3) is 4.44. The van der Waals surface area contributed by atoms with Crippen molar-refractivity contribution in [3.8, 4) is 0 Å². The summed E-state index contributed by atoms with van der Waals surface area (Å²) in [5.41, 5.74) is 3.56. The molecule has 2 aromatic heterocycles. The molecule has 0 aliphatic carbocycles. The minimum atomic E-state index is -0.170. The lowest BCUT2D eigenvalue weighted by atomic mass is 10.0. The molecule has 0 spiro atoms. The van der Waals surface area contributed by atoms with Gasteiger partial charge < -0.3 is 14.4 Å². The van der Waals surface area contributed by atoms with Gasteiger partial charge in [0, 0.05) is 50.5 Å². The Kier molecular flexibility index (Phi) is 5.88. The van der Waals surface area contributed by atoms with Gasteiger partial charge in [0.25, 0.3) is 5.91 Å². The van der Waals surface area contributed by atoms with Crippen molar-refractivity contribution in [3.05, 3.63) is 71.7 Å². The Balaban J connectivity index is 1.43. The molecule has 4 heterocycles. The Labute approximate surface area is 181 Å². The van der Waals surface area contributed by atoms with Crippen LogP contribution < -0.4 is 0 Å². The van der Waals surface area contributed by atoms with Gasteiger partial charge in [0.2, 0.25) is 0 Å². The highest BCUT2D eigenvalue weighted by molar-refractivity contribution is 6.06. The topological polar surface area (TPSA) is 67.8 Å². The second kappa shape index (κ2) is 9.09. The van der Waals surface area contributed by atoms with Crippen molar-refractivity contribution in [2.24, 2.45) is 0 Å². The number of carbonyl (C=O) groups excluding carboxylic acids is 1. The fourth-order valence-electron chi connectivity index (χ4n) is 4.25. The minimum Gasteiger partial charge on any atom is -0.378 e. The van der Waals surface area contributed by atoms with E-state index in [0.29, 0.717) is 38.5 Å². The number of hydrogen-bond acceptors (Lipinski definition) is 6. The summed E-state index contributed by atoms with van der Waals surface area (Å²) >= 11 is 0. The largest absolute Gasteiger partial charge is 0.378 e. The van der Waals surface area contributed by atoms with Crippen LogP contribution in [0.5, 0.6) is 0 Å². The highest BCUT2D eigenvalue weighted by Gasteiger charge is 2.27. The molecule has 2 fully saturated rings. The summed E-state index contributed by atoms with van der Waals surface area (Å²) in [6.45, 7) is 5.47. The summed E-state index contributed by atoms with van der Waals surface area (Å²) in [6.07, 6.45) is 3.47. The van der Waals surface area contributed by atoms with Gasteiger partial charge in [0.1, 0.15) is 6.10 Å². The second-order valence-corrected chi connectivity index (χ2v) is 7.97. The highest BCUT2D eigenvalue weighted by atomic mass is 16.5. The molecule has 160 valence electrons. The maximum atomic E-state index is 13.3. The molecule has 0 radical (unpaired) electrons. The maximum Gasteiger partial charge on any atom is 0.254 e. The van der Waals surface area contributed by atoms with E-state index in [-0.39, 0.29) is 12.0 Å². The monoisotopic (exact) mass is 418 g/mol. The Hall–Kier alpha value is -2.87. The lowest BCUT2D eigenvalue weighted by Gasteiger charge is -2.33. The van der Waals surface area contributed by atoms with Crippen LogP contribution in [0, 0.1) is 0 Å². The van der Waals surface area contributed by atoms with Crippen LogP contribution >= 0.6 is 0 Å². The van der Waals surface area contributed by atoms with E-state index in [2.05, 4.69) is 9.88 Å². The van der Waals surface area contributed by atoms with Gasteiger partial charge in [-0.3, -0.25) is 14.7 Å². The van der Waals surface area contributed by atoms with E-state index in [4.69, 9.17) is 14.5 Å². The summed E-state index contributed by atoms with van der Waals surface area (Å²) in [7, 11) is 0. The smallest absolute Gasteiger partial charge is 0.254 e. The lowest BCUT2D eigenvalue weighted by molar-refractivity contribution is -0.0348. The molecule has 0 bridgehead atoms. The van der Waals surface area contributed by atoms with Gasteiger partial charge in [0.05, 0.1) is 36.6 Å². The number of amides is 1. The number of fused-ring (bicyclic) bond motifs is 1.